The maximum atomic E-state index is 5.70. The van der Waals surface area contributed by atoms with Crippen molar-refractivity contribution < 1.29 is 4.42 Å². The molecule has 1 fully saturated rings. The first-order chi connectivity index (χ1) is 8.90. The van der Waals surface area contributed by atoms with Crippen LogP contribution in [0.3, 0.4) is 0 Å². The van der Waals surface area contributed by atoms with E-state index in [0.29, 0.717) is 6.04 Å². The van der Waals surface area contributed by atoms with E-state index in [1.54, 1.807) is 0 Å². The third kappa shape index (κ3) is 2.05. The molecule has 1 saturated carbocycles. The molecule has 0 saturated heterocycles. The van der Waals surface area contributed by atoms with Crippen molar-refractivity contribution in [2.24, 2.45) is 5.92 Å². The first kappa shape index (κ1) is 11.8. The number of rotatable bonds is 4. The van der Waals surface area contributed by atoms with Crippen molar-refractivity contribution in [1.82, 2.24) is 5.32 Å². The maximum absolute atomic E-state index is 5.70. The van der Waals surface area contributed by atoms with Gasteiger partial charge < -0.3 is 9.73 Å². The highest BCUT2D eigenvalue weighted by atomic mass is 16.3. The van der Waals surface area contributed by atoms with Crippen LogP contribution in [0.15, 0.2) is 34.9 Å². The fraction of sp³-hybridized carbons (Fsp3) is 0.500. The van der Waals surface area contributed by atoms with Gasteiger partial charge in [-0.3, -0.25) is 0 Å². The molecule has 0 aliphatic heterocycles. The van der Waals surface area contributed by atoms with Crippen LogP contribution in [-0.2, 0) is 0 Å². The summed E-state index contributed by atoms with van der Waals surface area (Å²) in [6.07, 6.45) is 7.40. The molecule has 0 amide bonds. The van der Waals surface area contributed by atoms with Gasteiger partial charge in [0.2, 0.25) is 0 Å². The second-order valence-electron chi connectivity index (χ2n) is 5.27. The minimum Gasteiger partial charge on any atom is -0.464 e. The molecular weight excluding hydrogens is 222 g/mol. The van der Waals surface area contributed by atoms with E-state index in [-0.39, 0.29) is 0 Å². The van der Waals surface area contributed by atoms with Crippen molar-refractivity contribution in [1.29, 1.82) is 0 Å². The van der Waals surface area contributed by atoms with Crippen LogP contribution in [0.2, 0.25) is 0 Å². The summed E-state index contributed by atoms with van der Waals surface area (Å²) in [4.78, 5) is 0. The van der Waals surface area contributed by atoms with Gasteiger partial charge in [-0.2, -0.15) is 0 Å². The first-order valence-corrected chi connectivity index (χ1v) is 7.09. The molecule has 96 valence electrons. The molecule has 1 heterocycles. The normalized spacial score (nSPS) is 18.5. The van der Waals surface area contributed by atoms with Gasteiger partial charge in [0, 0.05) is 17.0 Å². The van der Waals surface area contributed by atoms with Crippen LogP contribution in [0.5, 0.6) is 0 Å². The van der Waals surface area contributed by atoms with E-state index in [1.807, 2.05) is 12.3 Å². The number of hydrogen-bond acceptors (Lipinski definition) is 2. The summed E-state index contributed by atoms with van der Waals surface area (Å²) in [6.45, 7) is 3.20. The van der Waals surface area contributed by atoms with Crippen molar-refractivity contribution >= 4 is 11.0 Å². The van der Waals surface area contributed by atoms with E-state index in [2.05, 4.69) is 30.4 Å². The molecule has 1 aliphatic carbocycles. The summed E-state index contributed by atoms with van der Waals surface area (Å²) in [7, 11) is 0. The van der Waals surface area contributed by atoms with E-state index >= 15 is 0 Å². The fourth-order valence-corrected chi connectivity index (χ4v) is 3.28. The van der Waals surface area contributed by atoms with Crippen molar-refractivity contribution in [2.45, 2.75) is 38.6 Å². The third-order valence-corrected chi connectivity index (χ3v) is 4.14. The van der Waals surface area contributed by atoms with Crippen LogP contribution in [0.4, 0.5) is 0 Å². The fourth-order valence-electron chi connectivity index (χ4n) is 3.28. The molecule has 1 unspecified atom stereocenters. The van der Waals surface area contributed by atoms with Crippen molar-refractivity contribution in [3.8, 4) is 0 Å². The predicted octanol–water partition coefficient (Wildman–Crippen LogP) is 4.27. The molecule has 1 aromatic heterocycles. The Morgan fingerprint density at radius 3 is 2.83 bits per heavy atom. The molecule has 1 N–H and O–H groups in total. The largest absolute Gasteiger partial charge is 0.464 e. The Morgan fingerprint density at radius 1 is 1.28 bits per heavy atom. The molecule has 1 aliphatic rings. The van der Waals surface area contributed by atoms with Crippen LogP contribution in [0.25, 0.3) is 11.0 Å². The summed E-state index contributed by atoms with van der Waals surface area (Å²) >= 11 is 0. The number of para-hydroxylation sites is 1. The van der Waals surface area contributed by atoms with E-state index in [4.69, 9.17) is 4.42 Å². The van der Waals surface area contributed by atoms with E-state index in [0.717, 1.165) is 18.0 Å². The Bertz CT molecular complexity index is 511. The molecule has 3 rings (SSSR count). The van der Waals surface area contributed by atoms with E-state index < -0.39 is 0 Å². The monoisotopic (exact) mass is 243 g/mol. The molecule has 0 spiro atoms. The highest BCUT2D eigenvalue weighted by Gasteiger charge is 2.27. The quantitative estimate of drug-likeness (QED) is 0.867. The highest BCUT2D eigenvalue weighted by molar-refractivity contribution is 5.81. The summed E-state index contributed by atoms with van der Waals surface area (Å²) < 4.78 is 5.70. The topological polar surface area (TPSA) is 25.2 Å². The number of nitrogens with one attached hydrogen (secondary N) is 1. The summed E-state index contributed by atoms with van der Waals surface area (Å²) in [5.74, 6) is 0.769. The van der Waals surface area contributed by atoms with Crippen LogP contribution >= 0.6 is 0 Å². The SMILES string of the molecule is CCNC(c1coc2ccccc12)C1CCCC1. The number of fused-ring (bicyclic) bond motifs is 1. The van der Waals surface area contributed by atoms with Gasteiger partial charge in [0.1, 0.15) is 5.58 Å². The van der Waals surface area contributed by atoms with E-state index in [1.165, 1.54) is 36.6 Å². The Morgan fingerprint density at radius 2 is 2.06 bits per heavy atom. The zero-order valence-corrected chi connectivity index (χ0v) is 11.0. The van der Waals surface area contributed by atoms with Crippen LogP contribution in [0, 0.1) is 5.92 Å². The van der Waals surface area contributed by atoms with Crippen LogP contribution < -0.4 is 5.32 Å². The molecule has 2 heteroatoms. The number of benzene rings is 1. The lowest BCUT2D eigenvalue weighted by Gasteiger charge is -2.23. The van der Waals surface area contributed by atoms with Gasteiger partial charge in [0.25, 0.3) is 0 Å². The predicted molar refractivity (Wildman–Crippen MR) is 74.6 cm³/mol. The smallest absolute Gasteiger partial charge is 0.134 e. The molecule has 2 aromatic rings. The van der Waals surface area contributed by atoms with Gasteiger partial charge in [-0.1, -0.05) is 38.0 Å². The summed E-state index contributed by atoms with van der Waals surface area (Å²) in [5, 5.41) is 4.93. The Hall–Kier alpha value is -1.28. The second-order valence-corrected chi connectivity index (χ2v) is 5.27. The minimum absolute atomic E-state index is 0.459. The first-order valence-electron chi connectivity index (χ1n) is 7.09. The number of furan rings is 1. The maximum Gasteiger partial charge on any atom is 0.134 e. The summed E-state index contributed by atoms with van der Waals surface area (Å²) in [6, 6.07) is 8.82. The average Bonchev–Trinajstić information content (AvgIpc) is 3.06. The Kier molecular flexibility index (Phi) is 3.37. The van der Waals surface area contributed by atoms with E-state index in [9.17, 15) is 0 Å². The molecular formula is C16H21NO. The molecule has 2 nitrogen and oxygen atoms in total. The zero-order chi connectivity index (χ0) is 12.4. The molecule has 0 radical (unpaired) electrons. The lowest BCUT2D eigenvalue weighted by molar-refractivity contribution is 0.373. The van der Waals surface area contributed by atoms with Crippen LogP contribution in [0.1, 0.15) is 44.2 Å². The molecule has 1 aromatic carbocycles. The molecule has 18 heavy (non-hydrogen) atoms. The third-order valence-electron chi connectivity index (χ3n) is 4.14. The zero-order valence-electron chi connectivity index (χ0n) is 11.0. The Balaban J connectivity index is 1.98. The standard InChI is InChI=1S/C16H21NO/c1-2-17-16(12-7-3-4-8-12)14-11-18-15-10-6-5-9-13(14)15/h5-6,9-12,16-17H,2-4,7-8H2,1H3. The number of hydrogen-bond donors (Lipinski definition) is 1. The lowest BCUT2D eigenvalue weighted by Crippen LogP contribution is -2.26. The lowest BCUT2D eigenvalue weighted by atomic mass is 9.91. The van der Waals surface area contributed by atoms with Gasteiger partial charge in [-0.15, -0.1) is 0 Å². The molecule has 1 atom stereocenters. The molecule has 0 bridgehead atoms. The van der Waals surface area contributed by atoms with Crippen LogP contribution in [-0.4, -0.2) is 6.54 Å². The van der Waals surface area contributed by atoms with Crippen molar-refractivity contribution in [2.75, 3.05) is 6.54 Å². The Labute approximate surface area is 108 Å². The van der Waals surface area contributed by atoms with Gasteiger partial charge in [0.15, 0.2) is 0 Å². The second kappa shape index (κ2) is 5.15. The van der Waals surface area contributed by atoms with Gasteiger partial charge in [-0.05, 0) is 31.4 Å². The van der Waals surface area contributed by atoms with Gasteiger partial charge in [-0.25, -0.2) is 0 Å². The van der Waals surface area contributed by atoms with Crippen molar-refractivity contribution in [3.05, 3.63) is 36.1 Å². The van der Waals surface area contributed by atoms with Crippen molar-refractivity contribution in [3.63, 3.8) is 0 Å². The highest BCUT2D eigenvalue weighted by Crippen LogP contribution is 2.38. The van der Waals surface area contributed by atoms with Gasteiger partial charge in [0.05, 0.1) is 6.26 Å². The minimum atomic E-state index is 0.459. The van der Waals surface area contributed by atoms with Gasteiger partial charge >= 0.3 is 0 Å². The average molecular weight is 243 g/mol. The summed E-state index contributed by atoms with van der Waals surface area (Å²) in [5.41, 5.74) is 2.35.